The van der Waals surface area contributed by atoms with Gasteiger partial charge >= 0.3 is 0 Å². The molecule has 2 aromatic carbocycles. The first-order valence-electron chi connectivity index (χ1n) is 10.7. The number of anilines is 1. The summed E-state index contributed by atoms with van der Waals surface area (Å²) in [5, 5.41) is 12.3. The monoisotopic (exact) mass is 454 g/mol. The Morgan fingerprint density at radius 2 is 1.53 bits per heavy atom. The molecule has 0 aliphatic heterocycles. The van der Waals surface area contributed by atoms with Gasteiger partial charge in [-0.1, -0.05) is 19.0 Å². The molecule has 1 aromatic heterocycles. The van der Waals surface area contributed by atoms with Gasteiger partial charge in [0.1, 0.15) is 11.5 Å². The Kier molecular flexibility index (Phi) is 8.33. The molecule has 3 rings (SSSR count). The molecule has 0 saturated heterocycles. The number of rotatable bonds is 11. The van der Waals surface area contributed by atoms with Gasteiger partial charge in [0.05, 0.1) is 18.9 Å². The molecule has 0 aliphatic carbocycles. The summed E-state index contributed by atoms with van der Waals surface area (Å²) in [6, 6.07) is 15.2. The Morgan fingerprint density at radius 3 is 2.06 bits per heavy atom. The fourth-order valence-electron chi connectivity index (χ4n) is 3.20. The predicted molar refractivity (Wildman–Crippen MR) is 130 cm³/mol. The molecule has 0 atom stereocenters. The molecule has 5 N–H and O–H groups in total. The van der Waals surface area contributed by atoms with Crippen molar-refractivity contribution >= 4 is 22.3 Å². The minimum Gasteiger partial charge on any atom is -0.494 e. The number of nitrogens with two attached hydrogens (primary N) is 2. The van der Waals surface area contributed by atoms with Gasteiger partial charge in [0.15, 0.2) is 11.0 Å². The van der Waals surface area contributed by atoms with Gasteiger partial charge in [-0.2, -0.15) is 0 Å². The number of nitrogen functional groups attached to an aromatic ring is 1. The molecule has 0 unspecified atom stereocenters. The normalized spacial score (nSPS) is 11.7. The van der Waals surface area contributed by atoms with Crippen LogP contribution in [0.2, 0.25) is 0 Å². The Morgan fingerprint density at radius 1 is 0.969 bits per heavy atom. The summed E-state index contributed by atoms with van der Waals surface area (Å²) >= 11 is 1.55. The molecule has 8 heteroatoms. The van der Waals surface area contributed by atoms with E-state index in [0.717, 1.165) is 42.0 Å². The summed E-state index contributed by atoms with van der Waals surface area (Å²) in [7, 11) is 0. The molecule has 0 aliphatic rings. The van der Waals surface area contributed by atoms with Crippen LogP contribution in [0, 0.1) is 0 Å². The SMILES string of the molecule is CC(C)c1sc(N)nc1-c1ccc(OCCCCCOc2ccc(/C(N)=N/O)cc2)cc1. The van der Waals surface area contributed by atoms with Crippen LogP contribution >= 0.6 is 11.3 Å². The summed E-state index contributed by atoms with van der Waals surface area (Å²) in [5.74, 6) is 2.08. The van der Waals surface area contributed by atoms with E-state index in [9.17, 15) is 0 Å². The second-order valence-electron chi connectivity index (χ2n) is 7.71. The van der Waals surface area contributed by atoms with Gasteiger partial charge in [-0.05, 0) is 73.7 Å². The van der Waals surface area contributed by atoms with E-state index >= 15 is 0 Å². The van der Waals surface area contributed by atoms with Crippen LogP contribution in [0.3, 0.4) is 0 Å². The third-order valence-electron chi connectivity index (χ3n) is 4.91. The van der Waals surface area contributed by atoms with Gasteiger partial charge in [0.2, 0.25) is 0 Å². The van der Waals surface area contributed by atoms with Gasteiger partial charge in [0, 0.05) is 16.0 Å². The van der Waals surface area contributed by atoms with Gasteiger partial charge in [-0.25, -0.2) is 4.98 Å². The van der Waals surface area contributed by atoms with E-state index in [2.05, 4.69) is 24.0 Å². The van der Waals surface area contributed by atoms with Gasteiger partial charge in [-0.3, -0.25) is 0 Å². The van der Waals surface area contributed by atoms with Gasteiger partial charge in [-0.15, -0.1) is 11.3 Å². The smallest absolute Gasteiger partial charge is 0.180 e. The molecule has 1 heterocycles. The van der Waals surface area contributed by atoms with E-state index in [-0.39, 0.29) is 5.84 Å². The number of unbranched alkanes of at least 4 members (excludes halogenated alkanes) is 2. The number of aromatic nitrogens is 1. The summed E-state index contributed by atoms with van der Waals surface area (Å²) in [6.07, 6.45) is 2.90. The molecule has 0 saturated carbocycles. The molecule has 7 nitrogen and oxygen atoms in total. The van der Waals surface area contributed by atoms with E-state index in [1.807, 2.05) is 36.4 Å². The molecule has 0 amide bonds. The largest absolute Gasteiger partial charge is 0.494 e. The van der Waals surface area contributed by atoms with Crippen LogP contribution in [0.4, 0.5) is 5.13 Å². The Balaban J connectivity index is 1.36. The van der Waals surface area contributed by atoms with Crippen LogP contribution in [0.1, 0.15) is 49.5 Å². The van der Waals surface area contributed by atoms with Crippen LogP contribution in [0.15, 0.2) is 53.7 Å². The van der Waals surface area contributed by atoms with Gasteiger partial charge < -0.3 is 26.1 Å². The highest BCUT2D eigenvalue weighted by Gasteiger charge is 2.14. The van der Waals surface area contributed by atoms with E-state index in [4.69, 9.17) is 26.1 Å². The number of oxime groups is 1. The molecule has 170 valence electrons. The minimum atomic E-state index is 0.0827. The number of nitrogens with zero attached hydrogens (tertiary/aromatic N) is 2. The first-order chi connectivity index (χ1) is 15.5. The van der Waals surface area contributed by atoms with E-state index < -0.39 is 0 Å². The fourth-order valence-corrected chi connectivity index (χ4v) is 4.05. The number of thiazole rings is 1. The minimum absolute atomic E-state index is 0.0827. The second kappa shape index (κ2) is 11.4. The lowest BCUT2D eigenvalue weighted by Gasteiger charge is -2.09. The van der Waals surface area contributed by atoms with Crippen molar-refractivity contribution in [2.24, 2.45) is 10.9 Å². The summed E-state index contributed by atoms with van der Waals surface area (Å²) < 4.78 is 11.6. The predicted octanol–water partition coefficient (Wildman–Crippen LogP) is 5.24. The average molecular weight is 455 g/mol. The highest BCUT2D eigenvalue weighted by molar-refractivity contribution is 7.15. The van der Waals surface area contributed by atoms with Crippen molar-refractivity contribution in [2.45, 2.75) is 39.0 Å². The first-order valence-corrected chi connectivity index (χ1v) is 11.5. The van der Waals surface area contributed by atoms with Crippen LogP contribution < -0.4 is 20.9 Å². The van der Waals surface area contributed by atoms with Crippen molar-refractivity contribution in [2.75, 3.05) is 18.9 Å². The van der Waals surface area contributed by atoms with Crippen molar-refractivity contribution in [3.63, 3.8) is 0 Å². The van der Waals surface area contributed by atoms with Crippen molar-refractivity contribution in [3.05, 3.63) is 59.0 Å². The topological polar surface area (TPSA) is 116 Å². The highest BCUT2D eigenvalue weighted by atomic mass is 32.1. The van der Waals surface area contributed by atoms with E-state index in [1.165, 1.54) is 4.88 Å². The van der Waals surface area contributed by atoms with E-state index in [1.54, 1.807) is 23.5 Å². The quantitative estimate of drug-likeness (QED) is 0.120. The van der Waals surface area contributed by atoms with Crippen LogP contribution in [-0.2, 0) is 0 Å². The second-order valence-corrected chi connectivity index (χ2v) is 8.77. The maximum absolute atomic E-state index is 8.68. The zero-order chi connectivity index (χ0) is 22.9. The van der Waals surface area contributed by atoms with Crippen molar-refractivity contribution in [1.29, 1.82) is 0 Å². The summed E-state index contributed by atoms with van der Waals surface area (Å²) in [5.41, 5.74) is 14.1. The number of hydrogen-bond acceptors (Lipinski definition) is 7. The molecular formula is C24H30N4O3S. The first kappa shape index (κ1) is 23.4. The molecule has 0 bridgehead atoms. The van der Waals surface area contributed by atoms with Gasteiger partial charge in [0.25, 0.3) is 0 Å². The van der Waals surface area contributed by atoms with Crippen molar-refractivity contribution in [1.82, 2.24) is 4.98 Å². The Labute approximate surface area is 192 Å². The maximum atomic E-state index is 8.68. The lowest BCUT2D eigenvalue weighted by molar-refractivity contribution is 0.279. The van der Waals surface area contributed by atoms with Crippen molar-refractivity contribution < 1.29 is 14.7 Å². The summed E-state index contributed by atoms with van der Waals surface area (Å²) in [6.45, 7) is 5.60. The zero-order valence-electron chi connectivity index (χ0n) is 18.5. The van der Waals surface area contributed by atoms with Crippen molar-refractivity contribution in [3.8, 4) is 22.8 Å². The molecule has 0 spiro atoms. The third-order valence-corrected chi connectivity index (χ3v) is 6.09. The van der Waals surface area contributed by atoms with Crippen LogP contribution in [0.25, 0.3) is 11.3 Å². The Bertz CT molecular complexity index is 1010. The average Bonchev–Trinajstić information content (AvgIpc) is 3.21. The molecular weight excluding hydrogens is 424 g/mol. The molecule has 0 fully saturated rings. The molecule has 32 heavy (non-hydrogen) atoms. The number of amidine groups is 1. The fraction of sp³-hybridized carbons (Fsp3) is 0.333. The number of hydrogen-bond donors (Lipinski definition) is 3. The molecule has 3 aromatic rings. The van der Waals surface area contributed by atoms with E-state index in [0.29, 0.717) is 29.8 Å². The molecule has 0 radical (unpaired) electrons. The maximum Gasteiger partial charge on any atom is 0.180 e. The standard InChI is InChI=1S/C24H30N4O3S/c1-16(2)22-21(27-24(26)32-22)17-6-10-19(11-7-17)30-14-4-3-5-15-31-20-12-8-18(9-13-20)23(25)28-29/h6-13,16,29H,3-5,14-15H2,1-2H3,(H2,25,28)(H2,26,27). The lowest BCUT2D eigenvalue weighted by Crippen LogP contribution is -2.12. The zero-order valence-corrected chi connectivity index (χ0v) is 19.3. The number of ether oxygens (including phenoxy) is 2. The Hall–Kier alpha value is -3.26. The third kappa shape index (κ3) is 6.37. The summed E-state index contributed by atoms with van der Waals surface area (Å²) in [4.78, 5) is 5.70. The van der Waals surface area contributed by atoms with Crippen LogP contribution in [-0.4, -0.2) is 29.2 Å². The number of benzene rings is 2. The highest BCUT2D eigenvalue weighted by Crippen LogP contribution is 2.35. The lowest BCUT2D eigenvalue weighted by atomic mass is 10.1. The van der Waals surface area contributed by atoms with Crippen LogP contribution in [0.5, 0.6) is 11.5 Å².